The number of anilines is 1. The lowest BCUT2D eigenvalue weighted by Gasteiger charge is -2.13. The Morgan fingerprint density at radius 3 is 2.35 bits per heavy atom. The van der Waals surface area contributed by atoms with Gasteiger partial charge in [0.2, 0.25) is 0 Å². The van der Waals surface area contributed by atoms with Crippen LogP contribution in [0.5, 0.6) is 5.75 Å². The summed E-state index contributed by atoms with van der Waals surface area (Å²) in [5.74, 6) is -0.108. The number of hydrogen-bond donors (Lipinski definition) is 1. The Kier molecular flexibility index (Phi) is 7.49. The van der Waals surface area contributed by atoms with E-state index < -0.39 is 5.97 Å². The molecule has 0 aliphatic heterocycles. The van der Waals surface area contributed by atoms with Gasteiger partial charge in [0.15, 0.2) is 6.61 Å². The van der Waals surface area contributed by atoms with Gasteiger partial charge in [-0.3, -0.25) is 9.59 Å². The number of rotatable bonds is 9. The molecule has 0 saturated carbocycles. The summed E-state index contributed by atoms with van der Waals surface area (Å²) in [6.45, 7) is 0.309. The first-order valence-corrected chi connectivity index (χ1v) is 8.41. The van der Waals surface area contributed by atoms with E-state index in [2.05, 4.69) is 5.32 Å². The van der Waals surface area contributed by atoms with Crippen molar-refractivity contribution < 1.29 is 19.1 Å². The van der Waals surface area contributed by atoms with Crippen LogP contribution in [0.25, 0.3) is 0 Å². The van der Waals surface area contributed by atoms with E-state index in [1.807, 2.05) is 73.6 Å². The van der Waals surface area contributed by atoms with E-state index in [1.165, 1.54) is 0 Å². The maximum Gasteiger partial charge on any atom is 0.309 e. The maximum absolute atomic E-state index is 11.8. The average Bonchev–Trinajstić information content (AvgIpc) is 2.66. The Hall–Kier alpha value is -3.02. The van der Waals surface area contributed by atoms with Gasteiger partial charge >= 0.3 is 5.97 Å². The predicted octanol–water partition coefficient (Wildman–Crippen LogP) is 2.38. The van der Waals surface area contributed by atoms with Crippen LogP contribution in [-0.4, -0.2) is 39.2 Å². The van der Waals surface area contributed by atoms with E-state index in [4.69, 9.17) is 9.47 Å². The lowest BCUT2D eigenvalue weighted by Crippen LogP contribution is -2.28. The topological polar surface area (TPSA) is 67.9 Å². The highest BCUT2D eigenvalue weighted by Gasteiger charge is 2.08. The second-order valence-electron chi connectivity index (χ2n) is 5.91. The molecule has 2 aromatic carbocycles. The molecule has 0 atom stereocenters. The molecule has 0 radical (unpaired) electrons. The van der Waals surface area contributed by atoms with Crippen molar-refractivity contribution in [3.8, 4) is 5.75 Å². The van der Waals surface area contributed by atoms with Crippen LogP contribution in [0.3, 0.4) is 0 Å². The van der Waals surface area contributed by atoms with Crippen molar-refractivity contribution in [2.45, 2.75) is 13.0 Å². The van der Waals surface area contributed by atoms with Crippen LogP contribution in [0, 0.1) is 0 Å². The number of carbonyl (C=O) groups is 2. The summed E-state index contributed by atoms with van der Waals surface area (Å²) in [5.41, 5.74) is 2.07. The van der Waals surface area contributed by atoms with Crippen molar-refractivity contribution in [3.63, 3.8) is 0 Å². The number of nitrogens with one attached hydrogen (secondary N) is 1. The second-order valence-corrected chi connectivity index (χ2v) is 5.91. The molecule has 0 bridgehead atoms. The highest BCUT2D eigenvalue weighted by Crippen LogP contribution is 2.12. The molecule has 0 aliphatic rings. The van der Waals surface area contributed by atoms with Crippen molar-refractivity contribution in [3.05, 3.63) is 60.2 Å². The molecule has 138 valence electrons. The first-order valence-electron chi connectivity index (χ1n) is 8.41. The van der Waals surface area contributed by atoms with Crippen molar-refractivity contribution in [1.29, 1.82) is 0 Å². The molecule has 0 aromatic heterocycles. The summed E-state index contributed by atoms with van der Waals surface area (Å²) in [7, 11) is 3.94. The fourth-order valence-electron chi connectivity index (χ4n) is 2.15. The number of esters is 1. The quantitative estimate of drug-likeness (QED) is 0.699. The van der Waals surface area contributed by atoms with Crippen LogP contribution in [0.15, 0.2) is 54.6 Å². The average molecular weight is 356 g/mol. The molecule has 0 saturated heterocycles. The summed E-state index contributed by atoms with van der Waals surface area (Å²) < 4.78 is 10.4. The van der Waals surface area contributed by atoms with Gasteiger partial charge in [0.25, 0.3) is 5.91 Å². The van der Waals surface area contributed by atoms with E-state index in [0.29, 0.717) is 12.3 Å². The lowest BCUT2D eigenvalue weighted by molar-refractivity contribution is -0.149. The fraction of sp³-hybridized carbons (Fsp3) is 0.300. The summed E-state index contributed by atoms with van der Waals surface area (Å²) in [5, 5.41) is 2.72. The molecule has 0 heterocycles. The van der Waals surface area contributed by atoms with Gasteiger partial charge in [0, 0.05) is 26.3 Å². The minimum Gasteiger partial charge on any atom is -0.493 e. The van der Waals surface area contributed by atoms with Gasteiger partial charge in [-0.1, -0.05) is 30.3 Å². The van der Waals surface area contributed by atoms with Crippen molar-refractivity contribution in [1.82, 2.24) is 5.32 Å². The van der Waals surface area contributed by atoms with E-state index in [9.17, 15) is 9.59 Å². The molecule has 2 rings (SSSR count). The Bertz CT molecular complexity index is 700. The Balaban J connectivity index is 1.61. The van der Waals surface area contributed by atoms with Crippen molar-refractivity contribution >= 4 is 17.6 Å². The minimum absolute atomic E-state index is 0.0914. The fourth-order valence-corrected chi connectivity index (χ4v) is 2.15. The van der Waals surface area contributed by atoms with Crippen LogP contribution in [0.2, 0.25) is 0 Å². The van der Waals surface area contributed by atoms with Crippen LogP contribution >= 0.6 is 0 Å². The second kappa shape index (κ2) is 10.1. The minimum atomic E-state index is -0.466. The van der Waals surface area contributed by atoms with Crippen LogP contribution < -0.4 is 15.0 Å². The number of ether oxygens (including phenoxy) is 2. The maximum atomic E-state index is 11.8. The van der Waals surface area contributed by atoms with E-state index in [1.54, 1.807) is 0 Å². The number of carbonyl (C=O) groups excluding carboxylic acids is 2. The highest BCUT2D eigenvalue weighted by molar-refractivity contribution is 5.80. The number of para-hydroxylation sites is 1. The molecule has 6 nitrogen and oxygen atoms in total. The summed E-state index contributed by atoms with van der Waals surface area (Å²) in [6, 6.07) is 17.1. The molecular formula is C20H24N2O4. The van der Waals surface area contributed by atoms with E-state index in [0.717, 1.165) is 11.3 Å². The van der Waals surface area contributed by atoms with Gasteiger partial charge in [-0.05, 0) is 29.8 Å². The third-order valence-electron chi connectivity index (χ3n) is 3.62. The number of nitrogens with zero attached hydrogens (tertiary/aromatic N) is 1. The summed E-state index contributed by atoms with van der Waals surface area (Å²) >= 11 is 0. The zero-order chi connectivity index (χ0) is 18.8. The van der Waals surface area contributed by atoms with Gasteiger partial charge in [-0.25, -0.2) is 0 Å². The zero-order valence-corrected chi connectivity index (χ0v) is 15.1. The molecule has 0 fully saturated rings. The smallest absolute Gasteiger partial charge is 0.309 e. The van der Waals surface area contributed by atoms with Crippen LogP contribution in [0.4, 0.5) is 5.69 Å². The van der Waals surface area contributed by atoms with Crippen molar-refractivity contribution in [2.24, 2.45) is 0 Å². The number of hydrogen-bond acceptors (Lipinski definition) is 5. The third-order valence-corrected chi connectivity index (χ3v) is 3.62. The molecule has 6 heteroatoms. The molecule has 1 N–H and O–H groups in total. The van der Waals surface area contributed by atoms with Crippen molar-refractivity contribution in [2.75, 3.05) is 32.2 Å². The van der Waals surface area contributed by atoms with E-state index >= 15 is 0 Å². The Morgan fingerprint density at radius 1 is 1.00 bits per heavy atom. The Morgan fingerprint density at radius 2 is 1.69 bits per heavy atom. The van der Waals surface area contributed by atoms with Gasteiger partial charge < -0.3 is 19.7 Å². The summed E-state index contributed by atoms with van der Waals surface area (Å²) in [4.78, 5) is 25.4. The monoisotopic (exact) mass is 356 g/mol. The highest BCUT2D eigenvalue weighted by atomic mass is 16.5. The van der Waals surface area contributed by atoms with Crippen LogP contribution in [0.1, 0.15) is 12.0 Å². The Labute approximate surface area is 153 Å². The van der Waals surface area contributed by atoms with Crippen LogP contribution in [-0.2, 0) is 20.9 Å². The SMILES string of the molecule is CN(C)c1ccc(CNC(=O)COC(=O)CCOc2ccccc2)cc1. The first kappa shape index (κ1) is 19.3. The van der Waals surface area contributed by atoms with Gasteiger partial charge in [0.05, 0.1) is 13.0 Å². The molecular weight excluding hydrogens is 332 g/mol. The molecule has 26 heavy (non-hydrogen) atoms. The molecule has 0 spiro atoms. The lowest BCUT2D eigenvalue weighted by atomic mass is 10.2. The predicted molar refractivity (Wildman–Crippen MR) is 100 cm³/mol. The molecule has 0 unspecified atom stereocenters. The van der Waals surface area contributed by atoms with Gasteiger partial charge in [-0.15, -0.1) is 0 Å². The van der Waals surface area contributed by atoms with Gasteiger partial charge in [-0.2, -0.15) is 0 Å². The summed E-state index contributed by atoms with van der Waals surface area (Å²) in [6.07, 6.45) is 0.0914. The largest absolute Gasteiger partial charge is 0.493 e. The first-order chi connectivity index (χ1) is 12.5. The third kappa shape index (κ3) is 6.84. The molecule has 2 aromatic rings. The molecule has 0 aliphatic carbocycles. The van der Waals surface area contributed by atoms with E-state index in [-0.39, 0.29) is 25.5 Å². The number of benzene rings is 2. The number of amides is 1. The molecule has 1 amide bonds. The standard InChI is InChI=1S/C20H24N2O4/c1-22(2)17-10-8-16(9-11-17)14-21-19(23)15-26-20(24)12-13-25-18-6-4-3-5-7-18/h3-11H,12-15H2,1-2H3,(H,21,23). The zero-order valence-electron chi connectivity index (χ0n) is 15.1. The van der Waals surface area contributed by atoms with Gasteiger partial charge in [0.1, 0.15) is 5.75 Å². The normalized spacial score (nSPS) is 10.1.